The van der Waals surface area contributed by atoms with Crippen LogP contribution in [0.5, 0.6) is 0 Å². The van der Waals surface area contributed by atoms with E-state index in [9.17, 15) is 9.59 Å². The van der Waals surface area contributed by atoms with Crippen LogP contribution in [0.4, 0.5) is 0 Å². The van der Waals surface area contributed by atoms with E-state index in [-0.39, 0.29) is 11.1 Å². The van der Waals surface area contributed by atoms with E-state index in [4.69, 9.17) is 5.73 Å². The van der Waals surface area contributed by atoms with Crippen molar-refractivity contribution in [2.24, 2.45) is 5.73 Å². The Morgan fingerprint density at radius 2 is 2.33 bits per heavy atom. The molecule has 12 heavy (non-hydrogen) atoms. The first kappa shape index (κ1) is 8.67. The van der Waals surface area contributed by atoms with E-state index in [1.807, 2.05) is 0 Å². The topological polar surface area (TPSA) is 65.1 Å². The minimum atomic E-state index is -0.280. The molecule has 0 aliphatic heterocycles. The number of carbonyl (C=O) groups is 1. The molecule has 2 N–H and O–H groups in total. The van der Waals surface area contributed by atoms with Crippen LogP contribution in [0.25, 0.3) is 0 Å². The lowest BCUT2D eigenvalue weighted by atomic mass is 10.3. The zero-order chi connectivity index (χ0) is 8.97. The molecule has 4 nitrogen and oxygen atoms in total. The molecule has 1 heterocycles. The molecule has 0 unspecified atom stereocenters. The molecule has 0 spiro atoms. The van der Waals surface area contributed by atoms with Crippen molar-refractivity contribution in [2.45, 2.75) is 6.54 Å². The Bertz CT molecular complexity index is 330. The number of rotatable bonds is 3. The third-order valence-corrected chi connectivity index (χ3v) is 1.55. The van der Waals surface area contributed by atoms with Crippen LogP contribution in [0.2, 0.25) is 0 Å². The SMILES string of the molecule is NCCn1cccc(C=O)c1=O. The monoisotopic (exact) mass is 166 g/mol. The van der Waals surface area contributed by atoms with Gasteiger partial charge in [0.05, 0.1) is 5.56 Å². The Hall–Kier alpha value is -1.42. The van der Waals surface area contributed by atoms with Gasteiger partial charge in [-0.1, -0.05) is 0 Å². The first-order valence-corrected chi connectivity index (χ1v) is 3.64. The molecular formula is C8H10N2O2. The lowest BCUT2D eigenvalue weighted by molar-refractivity contribution is 0.112. The van der Waals surface area contributed by atoms with Crippen LogP contribution in [0.15, 0.2) is 23.1 Å². The van der Waals surface area contributed by atoms with Gasteiger partial charge in [0.15, 0.2) is 6.29 Å². The van der Waals surface area contributed by atoms with E-state index in [2.05, 4.69) is 0 Å². The highest BCUT2D eigenvalue weighted by atomic mass is 16.1. The molecule has 0 aliphatic carbocycles. The van der Waals surface area contributed by atoms with E-state index in [0.29, 0.717) is 19.4 Å². The number of nitrogens with zero attached hydrogens (tertiary/aromatic N) is 1. The summed E-state index contributed by atoms with van der Waals surface area (Å²) in [5.41, 5.74) is 5.17. The van der Waals surface area contributed by atoms with Gasteiger partial charge < -0.3 is 10.3 Å². The fourth-order valence-corrected chi connectivity index (χ4v) is 0.960. The average Bonchev–Trinajstić information content (AvgIpc) is 2.09. The number of carbonyl (C=O) groups excluding carboxylic acids is 1. The summed E-state index contributed by atoms with van der Waals surface area (Å²) in [5.74, 6) is 0. The Kier molecular flexibility index (Phi) is 2.76. The smallest absolute Gasteiger partial charge is 0.261 e. The van der Waals surface area contributed by atoms with Crippen molar-refractivity contribution in [1.29, 1.82) is 0 Å². The van der Waals surface area contributed by atoms with E-state index < -0.39 is 0 Å². The van der Waals surface area contributed by atoms with E-state index in [0.717, 1.165) is 0 Å². The summed E-state index contributed by atoms with van der Waals surface area (Å²) in [5, 5.41) is 0. The number of hydrogen-bond acceptors (Lipinski definition) is 3. The summed E-state index contributed by atoms with van der Waals surface area (Å²) in [6.07, 6.45) is 2.16. The van der Waals surface area contributed by atoms with Crippen LogP contribution in [0, 0.1) is 0 Å². The van der Waals surface area contributed by atoms with Crippen molar-refractivity contribution >= 4 is 6.29 Å². The maximum atomic E-state index is 11.3. The largest absolute Gasteiger partial charge is 0.329 e. The van der Waals surface area contributed by atoms with Gasteiger partial charge in [-0.2, -0.15) is 0 Å². The quantitative estimate of drug-likeness (QED) is 0.622. The van der Waals surface area contributed by atoms with E-state index in [1.54, 1.807) is 12.3 Å². The second-order valence-corrected chi connectivity index (χ2v) is 2.37. The number of pyridine rings is 1. The van der Waals surface area contributed by atoms with Crippen LogP contribution < -0.4 is 11.3 Å². The second kappa shape index (κ2) is 3.82. The van der Waals surface area contributed by atoms with Gasteiger partial charge in [0.1, 0.15) is 0 Å². The zero-order valence-electron chi connectivity index (χ0n) is 6.56. The molecule has 0 atom stereocenters. The Morgan fingerprint density at radius 1 is 1.58 bits per heavy atom. The Labute approximate surface area is 69.6 Å². The molecule has 0 radical (unpaired) electrons. The lowest BCUT2D eigenvalue weighted by Gasteiger charge is -2.02. The molecule has 0 aromatic carbocycles. The Balaban J connectivity index is 3.14. The number of nitrogens with two attached hydrogens (primary N) is 1. The average molecular weight is 166 g/mol. The zero-order valence-corrected chi connectivity index (χ0v) is 6.56. The van der Waals surface area contributed by atoms with Gasteiger partial charge in [0.2, 0.25) is 0 Å². The first-order chi connectivity index (χ1) is 5.79. The fraction of sp³-hybridized carbons (Fsp3) is 0.250. The van der Waals surface area contributed by atoms with Crippen LogP contribution in [-0.4, -0.2) is 17.4 Å². The highest BCUT2D eigenvalue weighted by Gasteiger charge is 1.99. The summed E-state index contributed by atoms with van der Waals surface area (Å²) >= 11 is 0. The van der Waals surface area contributed by atoms with Crippen LogP contribution in [0.1, 0.15) is 10.4 Å². The predicted molar refractivity (Wildman–Crippen MR) is 45.1 cm³/mol. The van der Waals surface area contributed by atoms with Crippen molar-refractivity contribution < 1.29 is 4.79 Å². The van der Waals surface area contributed by atoms with Crippen molar-refractivity contribution in [3.63, 3.8) is 0 Å². The molecule has 0 fully saturated rings. The van der Waals surface area contributed by atoms with Crippen molar-refractivity contribution in [2.75, 3.05) is 6.54 Å². The maximum Gasteiger partial charge on any atom is 0.261 e. The Morgan fingerprint density at radius 3 is 2.92 bits per heavy atom. The molecule has 1 aromatic heterocycles. The lowest BCUT2D eigenvalue weighted by Crippen LogP contribution is -2.25. The van der Waals surface area contributed by atoms with Gasteiger partial charge in [-0.15, -0.1) is 0 Å². The molecule has 0 saturated heterocycles. The van der Waals surface area contributed by atoms with Gasteiger partial charge in [-0.25, -0.2) is 0 Å². The molecule has 4 heteroatoms. The molecule has 0 aliphatic rings. The standard InChI is InChI=1S/C8H10N2O2/c9-3-5-10-4-1-2-7(6-11)8(10)12/h1-2,4,6H,3,5,9H2. The summed E-state index contributed by atoms with van der Waals surface area (Å²) in [7, 11) is 0. The minimum absolute atomic E-state index is 0.172. The van der Waals surface area contributed by atoms with Crippen LogP contribution in [0.3, 0.4) is 0 Å². The number of aldehydes is 1. The summed E-state index contributed by atoms with van der Waals surface area (Å²) in [6.45, 7) is 0.836. The molecule has 1 aromatic rings. The van der Waals surface area contributed by atoms with Crippen molar-refractivity contribution in [3.8, 4) is 0 Å². The highest BCUT2D eigenvalue weighted by Crippen LogP contribution is 1.86. The molecule has 64 valence electrons. The minimum Gasteiger partial charge on any atom is -0.329 e. The van der Waals surface area contributed by atoms with E-state index in [1.165, 1.54) is 10.6 Å². The normalized spacial score (nSPS) is 9.75. The molecule has 1 rings (SSSR count). The predicted octanol–water partition coefficient (Wildman–Crippen LogP) is -0.381. The van der Waals surface area contributed by atoms with Crippen LogP contribution in [-0.2, 0) is 6.54 Å². The van der Waals surface area contributed by atoms with Gasteiger partial charge in [-0.3, -0.25) is 9.59 Å². The van der Waals surface area contributed by atoms with E-state index >= 15 is 0 Å². The number of aromatic nitrogens is 1. The van der Waals surface area contributed by atoms with Crippen LogP contribution >= 0.6 is 0 Å². The van der Waals surface area contributed by atoms with Crippen molar-refractivity contribution in [1.82, 2.24) is 4.57 Å². The fourth-order valence-electron chi connectivity index (χ4n) is 0.960. The third kappa shape index (κ3) is 1.60. The van der Waals surface area contributed by atoms with Gasteiger partial charge >= 0.3 is 0 Å². The van der Waals surface area contributed by atoms with Gasteiger partial charge in [0.25, 0.3) is 5.56 Å². The number of hydrogen-bond donors (Lipinski definition) is 1. The second-order valence-electron chi connectivity index (χ2n) is 2.37. The highest BCUT2D eigenvalue weighted by molar-refractivity contribution is 5.73. The van der Waals surface area contributed by atoms with Gasteiger partial charge in [-0.05, 0) is 12.1 Å². The van der Waals surface area contributed by atoms with Gasteiger partial charge in [0, 0.05) is 19.3 Å². The third-order valence-electron chi connectivity index (χ3n) is 1.55. The molecule has 0 saturated carbocycles. The summed E-state index contributed by atoms with van der Waals surface area (Å²) in [6, 6.07) is 3.14. The first-order valence-electron chi connectivity index (χ1n) is 3.64. The molecular weight excluding hydrogens is 156 g/mol. The molecule has 0 amide bonds. The van der Waals surface area contributed by atoms with Crippen molar-refractivity contribution in [3.05, 3.63) is 34.2 Å². The molecule has 0 bridgehead atoms. The summed E-state index contributed by atoms with van der Waals surface area (Å²) < 4.78 is 1.42. The maximum absolute atomic E-state index is 11.3. The summed E-state index contributed by atoms with van der Waals surface area (Å²) in [4.78, 5) is 21.6.